The van der Waals surface area contributed by atoms with E-state index in [4.69, 9.17) is 4.74 Å². The maximum atomic E-state index is 13.1. The molecule has 3 rings (SSSR count). The summed E-state index contributed by atoms with van der Waals surface area (Å²) in [6.45, 7) is 3.63. The van der Waals surface area contributed by atoms with Crippen LogP contribution >= 0.6 is 0 Å². The number of hydrogen-bond donors (Lipinski definition) is 1. The highest BCUT2D eigenvalue weighted by Crippen LogP contribution is 2.23. The van der Waals surface area contributed by atoms with Gasteiger partial charge in [0.15, 0.2) is 0 Å². The Hall–Kier alpha value is -2.23. The van der Waals surface area contributed by atoms with Gasteiger partial charge in [0.25, 0.3) is 5.91 Å². The second-order valence-corrected chi connectivity index (χ2v) is 8.30. The molecule has 2 aromatic rings. The molecule has 1 aliphatic rings. The third-order valence-corrected chi connectivity index (χ3v) is 6.49. The van der Waals surface area contributed by atoms with Gasteiger partial charge in [-0.2, -0.15) is 9.40 Å². The number of nitrogens with one attached hydrogen (secondary N) is 1. The number of rotatable bonds is 6. The van der Waals surface area contributed by atoms with Crippen LogP contribution < -0.4 is 5.32 Å². The first-order valence-electron chi connectivity index (χ1n) is 8.88. The summed E-state index contributed by atoms with van der Waals surface area (Å²) in [5, 5.41) is 6.86. The molecule has 146 valence electrons. The lowest BCUT2D eigenvalue weighted by atomic mass is 10.1. The highest BCUT2D eigenvalue weighted by Gasteiger charge is 2.29. The van der Waals surface area contributed by atoms with Crippen LogP contribution in [0.4, 0.5) is 0 Å². The molecular formula is C18H24N4O4S. The molecule has 1 amide bonds. The molecule has 0 saturated carbocycles. The Kier molecular flexibility index (Phi) is 5.93. The van der Waals surface area contributed by atoms with Gasteiger partial charge in [0.1, 0.15) is 0 Å². The minimum Gasteiger partial charge on any atom is -0.379 e. The Balaban J connectivity index is 1.83. The van der Waals surface area contributed by atoms with E-state index in [1.807, 2.05) is 13.1 Å². The van der Waals surface area contributed by atoms with E-state index in [1.54, 1.807) is 30.1 Å². The van der Waals surface area contributed by atoms with Crippen molar-refractivity contribution in [3.63, 3.8) is 0 Å². The number of aryl methyl sites for hydroxylation is 2. The fourth-order valence-corrected chi connectivity index (χ4v) is 4.73. The molecule has 27 heavy (non-hydrogen) atoms. The van der Waals surface area contributed by atoms with Gasteiger partial charge in [-0.05, 0) is 24.1 Å². The van der Waals surface area contributed by atoms with E-state index in [0.717, 1.165) is 5.56 Å². The van der Waals surface area contributed by atoms with Crippen LogP contribution in [0.25, 0.3) is 0 Å². The van der Waals surface area contributed by atoms with Crippen LogP contribution in [-0.2, 0) is 34.8 Å². The van der Waals surface area contributed by atoms with Crippen molar-refractivity contribution in [2.45, 2.75) is 24.8 Å². The van der Waals surface area contributed by atoms with Crippen molar-refractivity contribution in [2.24, 2.45) is 7.05 Å². The Morgan fingerprint density at radius 1 is 1.30 bits per heavy atom. The van der Waals surface area contributed by atoms with Crippen molar-refractivity contribution in [3.05, 3.63) is 47.3 Å². The number of carbonyl (C=O) groups excluding carboxylic acids is 1. The summed E-state index contributed by atoms with van der Waals surface area (Å²) in [5.74, 6) is -0.320. The van der Waals surface area contributed by atoms with E-state index in [1.165, 1.54) is 10.4 Å². The number of carbonyl (C=O) groups is 1. The van der Waals surface area contributed by atoms with Crippen LogP contribution in [0.15, 0.2) is 35.5 Å². The molecular weight excluding hydrogens is 368 g/mol. The highest BCUT2D eigenvalue weighted by molar-refractivity contribution is 7.89. The largest absolute Gasteiger partial charge is 0.379 e. The molecule has 1 saturated heterocycles. The monoisotopic (exact) mass is 392 g/mol. The smallest absolute Gasteiger partial charge is 0.251 e. The van der Waals surface area contributed by atoms with Crippen LogP contribution in [0.3, 0.4) is 0 Å². The van der Waals surface area contributed by atoms with E-state index in [2.05, 4.69) is 10.4 Å². The molecule has 0 aliphatic carbocycles. The summed E-state index contributed by atoms with van der Waals surface area (Å²) in [4.78, 5) is 12.7. The quantitative estimate of drug-likeness (QED) is 0.789. The zero-order chi connectivity index (χ0) is 19.4. The number of amides is 1. The van der Waals surface area contributed by atoms with Crippen molar-refractivity contribution >= 4 is 15.9 Å². The predicted octanol–water partition coefficient (Wildman–Crippen LogP) is 0.933. The molecule has 8 nitrogen and oxygen atoms in total. The summed E-state index contributed by atoms with van der Waals surface area (Å²) < 4.78 is 34.4. The number of nitrogens with zero attached hydrogens (tertiary/aromatic N) is 3. The molecule has 0 atom stereocenters. The normalized spacial score (nSPS) is 15.6. The predicted molar refractivity (Wildman–Crippen MR) is 99.8 cm³/mol. The number of aromatic nitrogens is 2. The van der Waals surface area contributed by atoms with Crippen molar-refractivity contribution in [1.29, 1.82) is 0 Å². The molecule has 0 spiro atoms. The van der Waals surface area contributed by atoms with Crippen molar-refractivity contribution in [2.75, 3.05) is 26.3 Å². The molecule has 2 heterocycles. The van der Waals surface area contributed by atoms with Gasteiger partial charge in [0, 0.05) is 44.0 Å². The minimum atomic E-state index is -3.66. The van der Waals surface area contributed by atoms with Crippen LogP contribution in [0.5, 0.6) is 0 Å². The van der Waals surface area contributed by atoms with Crippen molar-refractivity contribution < 1.29 is 17.9 Å². The van der Waals surface area contributed by atoms with Gasteiger partial charge in [0.2, 0.25) is 10.0 Å². The first-order valence-corrected chi connectivity index (χ1v) is 10.3. The number of sulfonamides is 1. The molecule has 1 fully saturated rings. The second-order valence-electron chi connectivity index (χ2n) is 6.40. The minimum absolute atomic E-state index is 0.195. The zero-order valence-corrected chi connectivity index (χ0v) is 16.3. The standard InChI is InChI=1S/C18H24N4O4S/c1-3-15-4-5-16(18(23)19-11-14-12-20-21(2)13-14)10-17(15)27(24,25)22-6-8-26-9-7-22/h4-5,10,12-13H,3,6-9,11H2,1-2H3,(H,19,23). The van der Waals surface area contributed by atoms with Crippen LogP contribution in [0.1, 0.15) is 28.4 Å². The summed E-state index contributed by atoms with van der Waals surface area (Å²) in [7, 11) is -1.86. The SMILES string of the molecule is CCc1ccc(C(=O)NCc2cnn(C)c2)cc1S(=O)(=O)N1CCOCC1. The zero-order valence-electron chi connectivity index (χ0n) is 15.5. The molecule has 0 bridgehead atoms. The summed E-state index contributed by atoms with van der Waals surface area (Å²) in [6.07, 6.45) is 4.06. The van der Waals surface area contributed by atoms with Gasteiger partial charge in [-0.25, -0.2) is 8.42 Å². The topological polar surface area (TPSA) is 93.5 Å². The molecule has 9 heteroatoms. The molecule has 1 aromatic carbocycles. The summed E-state index contributed by atoms with van der Waals surface area (Å²) >= 11 is 0. The van der Waals surface area contributed by atoms with Crippen molar-refractivity contribution in [1.82, 2.24) is 19.4 Å². The average molecular weight is 392 g/mol. The maximum absolute atomic E-state index is 13.1. The Bertz CT molecular complexity index is 917. The van der Waals surface area contributed by atoms with E-state index >= 15 is 0 Å². The third-order valence-electron chi connectivity index (χ3n) is 4.51. The van der Waals surface area contributed by atoms with Crippen LogP contribution in [0.2, 0.25) is 0 Å². The first-order chi connectivity index (χ1) is 12.9. The van der Waals surface area contributed by atoms with Gasteiger partial charge in [0.05, 0.1) is 24.3 Å². The fraction of sp³-hybridized carbons (Fsp3) is 0.444. The van der Waals surface area contributed by atoms with Gasteiger partial charge >= 0.3 is 0 Å². The number of ether oxygens (including phenoxy) is 1. The van der Waals surface area contributed by atoms with E-state index in [-0.39, 0.29) is 10.8 Å². The summed E-state index contributed by atoms with van der Waals surface area (Å²) in [5.41, 5.74) is 1.89. The van der Waals surface area contributed by atoms with E-state index in [0.29, 0.717) is 50.4 Å². The van der Waals surface area contributed by atoms with E-state index < -0.39 is 10.0 Å². The van der Waals surface area contributed by atoms with Crippen LogP contribution in [0, 0.1) is 0 Å². The Labute approximate surface area is 159 Å². The van der Waals surface area contributed by atoms with Gasteiger partial charge in [-0.3, -0.25) is 9.48 Å². The number of morpholine rings is 1. The van der Waals surface area contributed by atoms with Gasteiger partial charge in [-0.15, -0.1) is 0 Å². The Morgan fingerprint density at radius 2 is 2.04 bits per heavy atom. The number of benzene rings is 1. The lowest BCUT2D eigenvalue weighted by molar-refractivity contribution is 0.0730. The second kappa shape index (κ2) is 8.20. The lowest BCUT2D eigenvalue weighted by Crippen LogP contribution is -2.41. The van der Waals surface area contributed by atoms with Gasteiger partial charge in [-0.1, -0.05) is 13.0 Å². The molecule has 0 radical (unpaired) electrons. The number of hydrogen-bond acceptors (Lipinski definition) is 5. The van der Waals surface area contributed by atoms with Gasteiger partial charge < -0.3 is 10.1 Å². The Morgan fingerprint density at radius 3 is 2.67 bits per heavy atom. The van der Waals surface area contributed by atoms with Crippen molar-refractivity contribution in [3.8, 4) is 0 Å². The third kappa shape index (κ3) is 4.37. The fourth-order valence-electron chi connectivity index (χ4n) is 3.00. The lowest BCUT2D eigenvalue weighted by Gasteiger charge is -2.27. The first kappa shape index (κ1) is 19.5. The van der Waals surface area contributed by atoms with E-state index in [9.17, 15) is 13.2 Å². The summed E-state index contributed by atoms with van der Waals surface area (Å²) in [6, 6.07) is 4.85. The molecule has 1 N–H and O–H groups in total. The maximum Gasteiger partial charge on any atom is 0.251 e. The highest BCUT2D eigenvalue weighted by atomic mass is 32.2. The molecule has 0 unspecified atom stereocenters. The van der Waals surface area contributed by atoms with Crippen LogP contribution in [-0.4, -0.2) is 54.7 Å². The molecule has 1 aliphatic heterocycles. The average Bonchev–Trinajstić information content (AvgIpc) is 3.11. The molecule has 1 aromatic heterocycles.